The van der Waals surface area contributed by atoms with Gasteiger partial charge in [-0.1, -0.05) is 79.6 Å². The average molecular weight is 635 g/mol. The number of benzene rings is 3. The molecule has 5 atom stereocenters. The minimum Gasteiger partial charge on any atom is -0.504 e. The Kier molecular flexibility index (Phi) is 8.83. The first-order valence-corrected chi connectivity index (χ1v) is 18.9. The predicted molar refractivity (Wildman–Crippen MR) is 188 cm³/mol. The third kappa shape index (κ3) is 5.81. The van der Waals surface area contributed by atoms with Crippen molar-refractivity contribution in [2.24, 2.45) is 5.92 Å². The minimum atomic E-state index is -0.816. The maximum absolute atomic E-state index is 13.0. The zero-order valence-electron chi connectivity index (χ0n) is 28.2. The molecule has 5 nitrogen and oxygen atoms in total. The van der Waals surface area contributed by atoms with E-state index in [0.29, 0.717) is 5.75 Å². The topological polar surface area (TPSA) is 56.2 Å². The van der Waals surface area contributed by atoms with Gasteiger partial charge in [-0.15, -0.1) is 0 Å². The highest BCUT2D eigenvalue weighted by atomic mass is 16.5. The normalized spacial score (nSPS) is 29.1. The molecule has 0 radical (unpaired) electrons. The third-order valence-electron chi connectivity index (χ3n) is 12.7. The highest BCUT2D eigenvalue weighted by molar-refractivity contribution is 5.62. The molecule has 0 aromatic heterocycles. The Bertz CT molecular complexity index is 1510. The van der Waals surface area contributed by atoms with Gasteiger partial charge in [-0.3, -0.25) is 9.80 Å². The summed E-state index contributed by atoms with van der Waals surface area (Å²) in [7, 11) is 0. The van der Waals surface area contributed by atoms with E-state index in [1.165, 1.54) is 61.6 Å². The van der Waals surface area contributed by atoms with E-state index in [1.807, 2.05) is 6.07 Å². The van der Waals surface area contributed by atoms with Gasteiger partial charge in [0.05, 0.1) is 11.0 Å². The van der Waals surface area contributed by atoms with Crippen LogP contribution in [0.5, 0.6) is 11.5 Å². The lowest BCUT2D eigenvalue weighted by atomic mass is 9.48. The molecule has 0 amide bonds. The van der Waals surface area contributed by atoms with Gasteiger partial charge in [-0.25, -0.2) is 0 Å². The Morgan fingerprint density at radius 3 is 2.13 bits per heavy atom. The zero-order chi connectivity index (χ0) is 31.8. The summed E-state index contributed by atoms with van der Waals surface area (Å²) >= 11 is 0. The number of hydrogen-bond acceptors (Lipinski definition) is 5. The summed E-state index contributed by atoms with van der Waals surface area (Å²) in [5, 5.41) is 24.1. The Hall–Kier alpha value is -2.86. The van der Waals surface area contributed by atoms with Crippen LogP contribution in [0.1, 0.15) is 92.9 Å². The molecule has 2 unspecified atom stereocenters. The van der Waals surface area contributed by atoms with E-state index >= 15 is 0 Å². The first-order valence-electron chi connectivity index (χ1n) is 18.9. The average Bonchev–Trinajstić information content (AvgIpc) is 3.84. The van der Waals surface area contributed by atoms with Crippen LogP contribution in [0, 0.1) is 5.92 Å². The van der Waals surface area contributed by atoms with Crippen molar-refractivity contribution < 1.29 is 14.9 Å². The second kappa shape index (κ2) is 13.2. The van der Waals surface area contributed by atoms with Crippen molar-refractivity contribution in [1.82, 2.24) is 9.80 Å². The van der Waals surface area contributed by atoms with Crippen LogP contribution in [-0.4, -0.2) is 70.0 Å². The molecule has 2 N–H and O–H groups in total. The van der Waals surface area contributed by atoms with Crippen LogP contribution in [0.25, 0.3) is 0 Å². The van der Waals surface area contributed by atoms with E-state index < -0.39 is 11.0 Å². The number of aliphatic hydroxyl groups is 1. The molecular formula is C42H54N2O3. The number of phenolic OH excluding ortho intramolecular Hbond substituents is 1. The van der Waals surface area contributed by atoms with Crippen molar-refractivity contribution in [3.8, 4) is 11.5 Å². The van der Waals surface area contributed by atoms with E-state index in [-0.39, 0.29) is 23.9 Å². The highest BCUT2D eigenvalue weighted by Gasteiger charge is 2.73. The molecule has 1 saturated heterocycles. The quantitative estimate of drug-likeness (QED) is 0.170. The molecule has 3 aliphatic carbocycles. The van der Waals surface area contributed by atoms with E-state index in [0.717, 1.165) is 82.6 Å². The van der Waals surface area contributed by atoms with Crippen molar-refractivity contribution in [2.75, 3.05) is 26.2 Å². The highest BCUT2D eigenvalue weighted by Crippen LogP contribution is 2.66. The fourth-order valence-electron chi connectivity index (χ4n) is 10.2. The fourth-order valence-corrected chi connectivity index (χ4v) is 10.2. The Labute approximate surface area is 281 Å². The van der Waals surface area contributed by atoms with Crippen molar-refractivity contribution >= 4 is 0 Å². The number of nitrogens with zero attached hydrogens (tertiary/aromatic N) is 2. The smallest absolute Gasteiger partial charge is 0.165 e. The summed E-state index contributed by atoms with van der Waals surface area (Å²) in [5.74, 6) is 1.73. The molecule has 2 saturated carbocycles. The molecule has 2 heterocycles. The van der Waals surface area contributed by atoms with Gasteiger partial charge in [0.1, 0.15) is 6.10 Å². The molecule has 2 bridgehead atoms. The van der Waals surface area contributed by atoms with Gasteiger partial charge in [-0.2, -0.15) is 0 Å². The lowest BCUT2D eigenvalue weighted by Crippen LogP contribution is -2.78. The molecule has 5 aliphatic rings. The van der Waals surface area contributed by atoms with Gasteiger partial charge in [0.25, 0.3) is 0 Å². The summed E-state index contributed by atoms with van der Waals surface area (Å²) < 4.78 is 7.00. The van der Waals surface area contributed by atoms with Crippen molar-refractivity contribution in [3.05, 3.63) is 95.1 Å². The van der Waals surface area contributed by atoms with E-state index in [2.05, 4.69) is 76.5 Å². The SMILES string of the molecule is Oc1ccc2c3c1OC1C(N(CCCCCCc4ccccc4)CCCCc4ccccc4)CC[C@@]4(O)[C@@H](C2)N(CC2CC2)CC[C@]314. The molecule has 250 valence electrons. The summed E-state index contributed by atoms with van der Waals surface area (Å²) in [6.07, 6.45) is 15.6. The van der Waals surface area contributed by atoms with Gasteiger partial charge < -0.3 is 14.9 Å². The molecule has 47 heavy (non-hydrogen) atoms. The van der Waals surface area contributed by atoms with Gasteiger partial charge in [0.2, 0.25) is 0 Å². The molecule has 5 heteroatoms. The monoisotopic (exact) mass is 634 g/mol. The molecule has 8 rings (SSSR count). The third-order valence-corrected chi connectivity index (χ3v) is 12.7. The Morgan fingerprint density at radius 2 is 1.43 bits per heavy atom. The van der Waals surface area contributed by atoms with Crippen LogP contribution in [-0.2, 0) is 24.7 Å². The second-order valence-corrected chi connectivity index (χ2v) is 15.5. The summed E-state index contributed by atoms with van der Waals surface area (Å²) in [6.45, 7) is 4.27. The lowest BCUT2D eigenvalue weighted by molar-refractivity contribution is -0.200. The second-order valence-electron chi connectivity index (χ2n) is 15.5. The van der Waals surface area contributed by atoms with Crippen LogP contribution in [0.15, 0.2) is 72.8 Å². The zero-order valence-corrected chi connectivity index (χ0v) is 28.2. The number of phenols is 1. The van der Waals surface area contributed by atoms with Crippen LogP contribution in [0.2, 0.25) is 0 Å². The molecule has 3 aromatic rings. The molecular weight excluding hydrogens is 580 g/mol. The molecule has 3 aromatic carbocycles. The summed E-state index contributed by atoms with van der Waals surface area (Å²) in [6, 6.07) is 26.1. The lowest BCUT2D eigenvalue weighted by Gasteiger charge is -2.65. The minimum absolute atomic E-state index is 0.124. The number of hydrogen-bond donors (Lipinski definition) is 2. The number of rotatable bonds is 15. The van der Waals surface area contributed by atoms with E-state index in [9.17, 15) is 10.2 Å². The molecule has 2 aliphatic heterocycles. The fraction of sp³-hybridized carbons (Fsp3) is 0.571. The first-order chi connectivity index (χ1) is 23.1. The van der Waals surface area contributed by atoms with Crippen LogP contribution in [0.4, 0.5) is 0 Å². The van der Waals surface area contributed by atoms with Crippen LogP contribution in [0.3, 0.4) is 0 Å². The molecule has 1 spiro atoms. The van der Waals surface area contributed by atoms with Crippen molar-refractivity contribution in [2.45, 2.75) is 119 Å². The maximum Gasteiger partial charge on any atom is 0.165 e. The van der Waals surface area contributed by atoms with Crippen LogP contribution >= 0.6 is 0 Å². The van der Waals surface area contributed by atoms with Gasteiger partial charge in [-0.05, 0) is 125 Å². The molecule has 3 fully saturated rings. The van der Waals surface area contributed by atoms with E-state index in [1.54, 1.807) is 0 Å². The number of aryl methyl sites for hydroxylation is 2. The van der Waals surface area contributed by atoms with Crippen molar-refractivity contribution in [3.63, 3.8) is 0 Å². The van der Waals surface area contributed by atoms with Gasteiger partial charge >= 0.3 is 0 Å². The Morgan fingerprint density at radius 1 is 0.766 bits per heavy atom. The summed E-state index contributed by atoms with van der Waals surface area (Å²) in [4.78, 5) is 5.40. The Balaban J connectivity index is 1.01. The van der Waals surface area contributed by atoms with Gasteiger partial charge in [0, 0.05) is 24.2 Å². The van der Waals surface area contributed by atoms with Crippen LogP contribution < -0.4 is 4.74 Å². The van der Waals surface area contributed by atoms with Crippen molar-refractivity contribution in [1.29, 1.82) is 0 Å². The first kappa shape index (κ1) is 31.4. The predicted octanol–water partition coefficient (Wildman–Crippen LogP) is 7.45. The van der Waals surface area contributed by atoms with E-state index in [4.69, 9.17) is 4.74 Å². The standard InChI is InChI=1S/C42H54N2O3/c45-36-22-21-34-29-37-42(46)24-23-35(40-41(42,38(34)39(36)47-40)25-28-44(37)30-33-19-20-33)43(27-12-10-18-32-16-8-4-9-17-32)26-11-2-1-5-13-31-14-6-3-7-15-31/h3-4,6-9,14-17,21-22,33,35,37,40,45-46H,1-2,5,10-13,18-20,23-30H2/t35?,37-,40?,41+,42-/m1/s1. The largest absolute Gasteiger partial charge is 0.504 e. The number of ether oxygens (including phenoxy) is 1. The summed E-state index contributed by atoms with van der Waals surface area (Å²) in [5.41, 5.74) is 4.05. The number of likely N-dealkylation sites (tertiary alicyclic amines) is 1. The maximum atomic E-state index is 13.0. The van der Waals surface area contributed by atoms with Gasteiger partial charge in [0.15, 0.2) is 11.5 Å². The number of piperidine rings is 1. The number of aromatic hydroxyl groups is 1. The number of unbranched alkanes of at least 4 members (excludes halogenated alkanes) is 4.